The van der Waals surface area contributed by atoms with E-state index < -0.39 is 0 Å². The number of nitrogens with one attached hydrogen (secondary N) is 1. The molecule has 0 unspecified atom stereocenters. The molecule has 2 heteroatoms. The van der Waals surface area contributed by atoms with Gasteiger partial charge in [0, 0.05) is 0 Å². The van der Waals surface area contributed by atoms with E-state index in [1.807, 2.05) is 7.05 Å². The lowest BCUT2D eigenvalue weighted by atomic mass is 10.2. The molecule has 0 rings (SSSR count). The Morgan fingerprint density at radius 2 is 2.27 bits per heavy atom. The van der Waals surface area contributed by atoms with Crippen LogP contribution in [0, 0.1) is 0 Å². The summed E-state index contributed by atoms with van der Waals surface area (Å²) in [5.74, 6) is -0.282. The molecule has 0 aliphatic carbocycles. The zero-order valence-electron chi connectivity index (χ0n) is 6.86. The van der Waals surface area contributed by atoms with E-state index in [-0.39, 0.29) is 5.83 Å². The van der Waals surface area contributed by atoms with E-state index >= 15 is 0 Å². The van der Waals surface area contributed by atoms with Crippen molar-refractivity contribution in [2.75, 3.05) is 13.6 Å². The van der Waals surface area contributed by atoms with Crippen LogP contribution in [-0.4, -0.2) is 13.6 Å². The van der Waals surface area contributed by atoms with Crippen LogP contribution in [0.5, 0.6) is 0 Å². The number of hydrogen-bond donors (Lipinski definition) is 1. The first kappa shape index (κ1) is 10.1. The summed E-state index contributed by atoms with van der Waals surface area (Å²) in [6.07, 6.45) is 3.37. The molecule has 0 radical (unpaired) electrons. The Morgan fingerprint density at radius 1 is 1.64 bits per heavy atom. The second-order valence-electron chi connectivity index (χ2n) is 2.21. The first-order chi connectivity index (χ1) is 5.22. The van der Waals surface area contributed by atoms with Gasteiger partial charge in [0.2, 0.25) is 0 Å². The zero-order chi connectivity index (χ0) is 8.69. The second kappa shape index (κ2) is 5.86. The van der Waals surface area contributed by atoms with E-state index in [1.165, 1.54) is 12.2 Å². The molecule has 0 aromatic heterocycles. The number of allylic oxidation sites excluding steroid dienone is 3. The molecule has 0 saturated heterocycles. The van der Waals surface area contributed by atoms with E-state index in [0.717, 1.165) is 6.54 Å². The Labute approximate surface area is 67.3 Å². The van der Waals surface area contributed by atoms with E-state index in [9.17, 15) is 4.39 Å². The van der Waals surface area contributed by atoms with Crippen molar-refractivity contribution in [1.82, 2.24) is 5.32 Å². The minimum Gasteiger partial charge on any atom is -0.319 e. The highest BCUT2D eigenvalue weighted by Crippen LogP contribution is 2.11. The van der Waals surface area contributed by atoms with Crippen LogP contribution in [0.2, 0.25) is 0 Å². The zero-order valence-corrected chi connectivity index (χ0v) is 6.86. The average molecular weight is 155 g/mol. The monoisotopic (exact) mass is 155 g/mol. The molecule has 0 atom stereocenters. The number of hydrogen-bond acceptors (Lipinski definition) is 1. The van der Waals surface area contributed by atoms with Crippen molar-refractivity contribution in [2.45, 2.75) is 6.42 Å². The molecule has 0 aliphatic heterocycles. The van der Waals surface area contributed by atoms with Crippen molar-refractivity contribution >= 4 is 0 Å². The quantitative estimate of drug-likeness (QED) is 0.600. The molecule has 1 N–H and O–H groups in total. The van der Waals surface area contributed by atoms with E-state index in [1.54, 1.807) is 0 Å². The highest BCUT2D eigenvalue weighted by atomic mass is 19.1. The van der Waals surface area contributed by atoms with Crippen LogP contribution in [0.1, 0.15) is 6.42 Å². The molecule has 0 fully saturated rings. The van der Waals surface area contributed by atoms with Crippen molar-refractivity contribution < 1.29 is 4.39 Å². The van der Waals surface area contributed by atoms with Gasteiger partial charge < -0.3 is 5.32 Å². The average Bonchev–Trinajstić information content (AvgIpc) is 2.00. The van der Waals surface area contributed by atoms with E-state index in [0.29, 0.717) is 12.0 Å². The summed E-state index contributed by atoms with van der Waals surface area (Å²) in [6.45, 7) is 7.72. The SMILES string of the molecule is C=C/C=C(/F)C(=C)CCNC. The summed E-state index contributed by atoms with van der Waals surface area (Å²) in [7, 11) is 1.82. The molecule has 0 bridgehead atoms. The maximum absolute atomic E-state index is 12.8. The van der Waals surface area contributed by atoms with Crippen LogP contribution in [0.4, 0.5) is 4.39 Å². The Bertz CT molecular complexity index is 170. The summed E-state index contributed by atoms with van der Waals surface area (Å²) in [5.41, 5.74) is 0.513. The van der Waals surface area contributed by atoms with Gasteiger partial charge in [-0.15, -0.1) is 0 Å². The third-order valence-electron chi connectivity index (χ3n) is 1.28. The van der Waals surface area contributed by atoms with E-state index in [4.69, 9.17) is 0 Å². The topological polar surface area (TPSA) is 12.0 Å². The first-order valence-corrected chi connectivity index (χ1v) is 3.53. The molecular formula is C9H14FN. The molecule has 0 heterocycles. The van der Waals surface area contributed by atoms with Crippen LogP contribution >= 0.6 is 0 Å². The lowest BCUT2D eigenvalue weighted by Gasteiger charge is -2.00. The molecule has 0 amide bonds. The van der Waals surface area contributed by atoms with Gasteiger partial charge in [-0.3, -0.25) is 0 Å². The fraction of sp³-hybridized carbons (Fsp3) is 0.333. The number of halogens is 1. The predicted molar refractivity (Wildman–Crippen MR) is 47.1 cm³/mol. The van der Waals surface area contributed by atoms with Crippen molar-refractivity contribution in [1.29, 1.82) is 0 Å². The largest absolute Gasteiger partial charge is 0.319 e. The van der Waals surface area contributed by atoms with Crippen molar-refractivity contribution in [3.63, 3.8) is 0 Å². The summed E-state index contributed by atoms with van der Waals surface area (Å²) >= 11 is 0. The summed E-state index contributed by atoms with van der Waals surface area (Å²) in [5, 5.41) is 2.92. The third-order valence-corrected chi connectivity index (χ3v) is 1.28. The maximum atomic E-state index is 12.8. The Kier molecular flexibility index (Phi) is 5.39. The lowest BCUT2D eigenvalue weighted by Crippen LogP contribution is -2.08. The Hall–Kier alpha value is -0.890. The molecule has 1 nitrogen and oxygen atoms in total. The summed E-state index contributed by atoms with van der Waals surface area (Å²) in [6, 6.07) is 0. The van der Waals surface area contributed by atoms with Gasteiger partial charge in [0.05, 0.1) is 0 Å². The van der Waals surface area contributed by atoms with Gasteiger partial charge in [0.25, 0.3) is 0 Å². The minimum atomic E-state index is -0.282. The van der Waals surface area contributed by atoms with Crippen LogP contribution in [0.25, 0.3) is 0 Å². The van der Waals surface area contributed by atoms with E-state index in [2.05, 4.69) is 18.5 Å². The van der Waals surface area contributed by atoms with Crippen molar-refractivity contribution in [3.8, 4) is 0 Å². The maximum Gasteiger partial charge on any atom is 0.125 e. The van der Waals surface area contributed by atoms with Gasteiger partial charge in [-0.2, -0.15) is 0 Å². The van der Waals surface area contributed by atoms with Gasteiger partial charge in [0.15, 0.2) is 0 Å². The highest BCUT2D eigenvalue weighted by Gasteiger charge is 1.98. The standard InChI is InChI=1S/C9H14FN/c1-4-5-9(10)8(2)6-7-11-3/h4-5,11H,1-2,6-7H2,3H3/b9-5+. The van der Waals surface area contributed by atoms with Gasteiger partial charge >= 0.3 is 0 Å². The molecular weight excluding hydrogens is 141 g/mol. The minimum absolute atomic E-state index is 0.282. The van der Waals surface area contributed by atoms with Crippen LogP contribution < -0.4 is 5.32 Å². The fourth-order valence-corrected chi connectivity index (χ4v) is 0.617. The predicted octanol–water partition coefficient (Wildman–Crippen LogP) is 2.19. The van der Waals surface area contributed by atoms with Gasteiger partial charge in [-0.05, 0) is 31.7 Å². The fourth-order valence-electron chi connectivity index (χ4n) is 0.617. The number of rotatable bonds is 5. The van der Waals surface area contributed by atoms with Crippen LogP contribution in [0.3, 0.4) is 0 Å². The highest BCUT2D eigenvalue weighted by molar-refractivity contribution is 5.25. The smallest absolute Gasteiger partial charge is 0.125 e. The normalized spacial score (nSPS) is 11.3. The van der Waals surface area contributed by atoms with Crippen LogP contribution in [-0.2, 0) is 0 Å². The Morgan fingerprint density at radius 3 is 2.73 bits per heavy atom. The van der Waals surface area contributed by atoms with Crippen molar-refractivity contribution in [3.05, 3.63) is 36.7 Å². The second-order valence-corrected chi connectivity index (χ2v) is 2.21. The van der Waals surface area contributed by atoms with Crippen LogP contribution in [0.15, 0.2) is 36.7 Å². The molecule has 0 aromatic rings. The first-order valence-electron chi connectivity index (χ1n) is 3.53. The molecule has 0 saturated carbocycles. The van der Waals surface area contributed by atoms with Crippen molar-refractivity contribution in [2.24, 2.45) is 0 Å². The third kappa shape index (κ3) is 4.51. The molecule has 0 aliphatic rings. The summed E-state index contributed by atoms with van der Waals surface area (Å²) in [4.78, 5) is 0. The molecule has 0 aromatic carbocycles. The van der Waals surface area contributed by atoms with Gasteiger partial charge in [-0.25, -0.2) is 4.39 Å². The Balaban J connectivity index is 3.82. The van der Waals surface area contributed by atoms with Gasteiger partial charge in [0.1, 0.15) is 5.83 Å². The lowest BCUT2D eigenvalue weighted by molar-refractivity contribution is 0.633. The molecule has 11 heavy (non-hydrogen) atoms. The summed E-state index contributed by atoms with van der Waals surface area (Å²) < 4.78 is 12.8. The molecule has 62 valence electrons. The van der Waals surface area contributed by atoms with Gasteiger partial charge in [-0.1, -0.05) is 19.2 Å². The molecule has 0 spiro atoms.